The molecule has 4 aliphatic rings. The van der Waals surface area contributed by atoms with Crippen molar-refractivity contribution < 1.29 is 9.84 Å². The number of fused-ring (bicyclic) bond motifs is 5. The molecule has 1 N–H and O–H groups in total. The van der Waals surface area contributed by atoms with E-state index in [4.69, 9.17) is 4.74 Å². The van der Waals surface area contributed by atoms with Crippen LogP contribution in [0, 0.1) is 58.2 Å². The van der Waals surface area contributed by atoms with Crippen molar-refractivity contribution in [3.63, 3.8) is 0 Å². The monoisotopic (exact) mass is 467 g/mol. The van der Waals surface area contributed by atoms with Gasteiger partial charge in [-0.3, -0.25) is 4.68 Å². The Bertz CT molecular complexity index is 892. The van der Waals surface area contributed by atoms with E-state index in [0.29, 0.717) is 36.2 Å². The van der Waals surface area contributed by atoms with E-state index in [-0.39, 0.29) is 0 Å². The predicted molar refractivity (Wildman–Crippen MR) is 133 cm³/mol. The highest BCUT2D eigenvalue weighted by Gasteiger charge is 2.58. The van der Waals surface area contributed by atoms with Gasteiger partial charge in [0.1, 0.15) is 11.8 Å². The SMILES string of the molecule is CCOC[C@@]1(O)CC[C@H]2[C@@H](CC[C@@H]3[C@@H]2CC[C@]2(C)[C@@H]([C@@H](CC)Cn4nccc4C#N)CC[C@@H]32)C1. The van der Waals surface area contributed by atoms with Crippen LogP contribution in [0.3, 0.4) is 0 Å². The minimum absolute atomic E-state index is 0.430. The first-order valence-corrected chi connectivity index (χ1v) is 14.1. The summed E-state index contributed by atoms with van der Waals surface area (Å²) >= 11 is 0. The van der Waals surface area contributed by atoms with E-state index in [1.807, 2.05) is 17.7 Å². The summed E-state index contributed by atoms with van der Waals surface area (Å²) in [5.74, 6) is 5.42. The van der Waals surface area contributed by atoms with Crippen LogP contribution in [0.25, 0.3) is 0 Å². The number of aliphatic hydroxyl groups is 1. The van der Waals surface area contributed by atoms with Crippen molar-refractivity contribution in [1.82, 2.24) is 9.78 Å². The highest BCUT2D eigenvalue weighted by Crippen LogP contribution is 2.66. The Balaban J connectivity index is 1.29. The van der Waals surface area contributed by atoms with Crippen LogP contribution in [0.15, 0.2) is 12.3 Å². The van der Waals surface area contributed by atoms with Gasteiger partial charge in [0.15, 0.2) is 0 Å². The quantitative estimate of drug-likeness (QED) is 0.549. The molecular weight excluding hydrogens is 422 g/mol. The fraction of sp³-hybridized carbons (Fsp3) is 0.862. The van der Waals surface area contributed by atoms with Crippen molar-refractivity contribution in [3.8, 4) is 6.07 Å². The van der Waals surface area contributed by atoms with Crippen LogP contribution in [-0.2, 0) is 11.3 Å². The zero-order valence-electron chi connectivity index (χ0n) is 21.6. The average molecular weight is 468 g/mol. The van der Waals surface area contributed by atoms with E-state index in [0.717, 1.165) is 55.4 Å². The van der Waals surface area contributed by atoms with Crippen LogP contribution in [0.2, 0.25) is 0 Å². The van der Waals surface area contributed by atoms with Crippen LogP contribution < -0.4 is 0 Å². The van der Waals surface area contributed by atoms with E-state index in [9.17, 15) is 10.4 Å². The summed E-state index contributed by atoms with van der Waals surface area (Å²) in [4.78, 5) is 0. The second kappa shape index (κ2) is 9.58. The van der Waals surface area contributed by atoms with Gasteiger partial charge in [-0.25, -0.2) is 0 Å². The number of aromatic nitrogens is 2. The molecule has 1 heterocycles. The van der Waals surface area contributed by atoms with Gasteiger partial charge in [-0.1, -0.05) is 20.3 Å². The Morgan fingerprint density at radius 1 is 1.15 bits per heavy atom. The first kappa shape index (κ1) is 24.3. The molecule has 0 aliphatic heterocycles. The summed E-state index contributed by atoms with van der Waals surface area (Å²) in [7, 11) is 0. The third kappa shape index (κ3) is 4.13. The molecule has 0 amide bonds. The first-order chi connectivity index (χ1) is 16.4. The van der Waals surface area contributed by atoms with Crippen molar-refractivity contribution in [1.29, 1.82) is 5.26 Å². The lowest BCUT2D eigenvalue weighted by Crippen LogP contribution is -2.52. The van der Waals surface area contributed by atoms with E-state index >= 15 is 0 Å². The summed E-state index contributed by atoms with van der Waals surface area (Å²) in [6.07, 6.45) is 14.1. The van der Waals surface area contributed by atoms with Gasteiger partial charge in [0.05, 0.1) is 18.4 Å². The van der Waals surface area contributed by atoms with Crippen molar-refractivity contribution in [2.24, 2.45) is 46.8 Å². The van der Waals surface area contributed by atoms with Gasteiger partial charge in [-0.2, -0.15) is 10.4 Å². The molecule has 0 saturated heterocycles. The van der Waals surface area contributed by atoms with Crippen LogP contribution >= 0.6 is 0 Å². The molecule has 5 heteroatoms. The smallest absolute Gasteiger partial charge is 0.138 e. The van der Waals surface area contributed by atoms with Gasteiger partial charge in [0, 0.05) is 13.2 Å². The Hall–Kier alpha value is -1.38. The molecule has 188 valence electrons. The molecule has 0 unspecified atom stereocenters. The fourth-order valence-corrected chi connectivity index (χ4v) is 9.54. The average Bonchev–Trinajstić information content (AvgIpc) is 3.44. The van der Waals surface area contributed by atoms with E-state index in [1.54, 1.807) is 6.20 Å². The number of nitrogens with zero attached hydrogens (tertiary/aromatic N) is 3. The van der Waals surface area contributed by atoms with Crippen molar-refractivity contribution >= 4 is 0 Å². The molecule has 0 bridgehead atoms. The van der Waals surface area contributed by atoms with E-state index in [2.05, 4.69) is 25.0 Å². The highest BCUT2D eigenvalue weighted by molar-refractivity contribution is 5.18. The molecule has 4 fully saturated rings. The van der Waals surface area contributed by atoms with Gasteiger partial charge < -0.3 is 9.84 Å². The molecule has 5 rings (SSSR count). The molecule has 0 aromatic carbocycles. The summed E-state index contributed by atoms with van der Waals surface area (Å²) in [6, 6.07) is 4.16. The molecule has 34 heavy (non-hydrogen) atoms. The van der Waals surface area contributed by atoms with Gasteiger partial charge >= 0.3 is 0 Å². The standard InChI is InChI=1S/C29H45N3O2/c1-4-20(18-32-22(17-30)12-15-31-32)26-8-9-27-25-7-6-21-16-29(33,19-34-5-2)14-11-23(21)24(25)10-13-28(26,27)3/h12,15,20-21,23-27,33H,4-11,13-14,16,18-19H2,1-3H3/t20-,21-,23-,24+,25+,26+,27-,28+,29+/m0/s1. The number of rotatable bonds is 7. The molecule has 4 saturated carbocycles. The maximum absolute atomic E-state index is 11.1. The van der Waals surface area contributed by atoms with Gasteiger partial charge in [0.2, 0.25) is 0 Å². The summed E-state index contributed by atoms with van der Waals surface area (Å²) in [6.45, 7) is 9.07. The highest BCUT2D eigenvalue weighted by atomic mass is 16.5. The van der Waals surface area contributed by atoms with Crippen LogP contribution in [-0.4, -0.2) is 33.7 Å². The normalized spacial score (nSPS) is 42.3. The zero-order valence-corrected chi connectivity index (χ0v) is 21.6. The predicted octanol–water partition coefficient (Wildman–Crippen LogP) is 5.82. The number of nitriles is 1. The molecule has 1 aromatic heterocycles. The Morgan fingerprint density at radius 3 is 2.74 bits per heavy atom. The molecule has 0 spiro atoms. The fourth-order valence-electron chi connectivity index (χ4n) is 9.54. The van der Waals surface area contributed by atoms with Gasteiger partial charge in [-0.05, 0) is 118 Å². The summed E-state index contributed by atoms with van der Waals surface area (Å²) in [5.41, 5.74) is 0.537. The van der Waals surface area contributed by atoms with Crippen molar-refractivity contribution in [2.75, 3.05) is 13.2 Å². The lowest BCUT2D eigenvalue weighted by Gasteiger charge is -2.57. The third-order valence-corrected chi connectivity index (χ3v) is 11.1. The lowest BCUT2D eigenvalue weighted by molar-refractivity contribution is -0.130. The largest absolute Gasteiger partial charge is 0.387 e. The van der Waals surface area contributed by atoms with Crippen molar-refractivity contribution in [2.45, 2.75) is 97.1 Å². The van der Waals surface area contributed by atoms with Gasteiger partial charge in [-0.15, -0.1) is 0 Å². The lowest BCUT2D eigenvalue weighted by atomic mass is 9.48. The summed E-state index contributed by atoms with van der Waals surface area (Å²) in [5, 5.41) is 25.1. The van der Waals surface area contributed by atoms with Crippen LogP contribution in [0.4, 0.5) is 0 Å². The second-order valence-electron chi connectivity index (χ2n) is 12.4. The maximum atomic E-state index is 11.1. The Morgan fingerprint density at radius 2 is 1.97 bits per heavy atom. The summed E-state index contributed by atoms with van der Waals surface area (Å²) < 4.78 is 7.61. The minimum Gasteiger partial charge on any atom is -0.387 e. The van der Waals surface area contributed by atoms with E-state index < -0.39 is 5.60 Å². The molecule has 1 aromatic rings. The topological polar surface area (TPSA) is 71.1 Å². The van der Waals surface area contributed by atoms with E-state index in [1.165, 1.54) is 44.9 Å². The molecule has 0 radical (unpaired) electrons. The maximum Gasteiger partial charge on any atom is 0.138 e. The third-order valence-electron chi connectivity index (χ3n) is 11.1. The minimum atomic E-state index is -0.589. The molecular formula is C29H45N3O2. The Kier molecular flexibility index (Phi) is 6.85. The zero-order chi connectivity index (χ0) is 23.9. The number of hydrogen-bond acceptors (Lipinski definition) is 4. The Labute approximate surface area is 206 Å². The number of ether oxygens (including phenoxy) is 1. The van der Waals surface area contributed by atoms with Gasteiger partial charge in [0.25, 0.3) is 0 Å². The van der Waals surface area contributed by atoms with Crippen LogP contribution in [0.1, 0.15) is 90.7 Å². The second-order valence-corrected chi connectivity index (χ2v) is 12.4. The number of hydrogen-bond donors (Lipinski definition) is 1. The van der Waals surface area contributed by atoms with Crippen molar-refractivity contribution in [3.05, 3.63) is 18.0 Å². The molecule has 5 nitrogen and oxygen atoms in total. The molecule has 9 atom stereocenters. The van der Waals surface area contributed by atoms with Crippen LogP contribution in [0.5, 0.6) is 0 Å². The first-order valence-electron chi connectivity index (χ1n) is 14.1. The molecule has 4 aliphatic carbocycles.